The molecular formula is C24H32N6O4S. The minimum absolute atomic E-state index is 0.0311. The number of rotatable bonds is 4. The molecule has 6 heterocycles. The minimum Gasteiger partial charge on any atom is -0.486 e. The summed E-state index contributed by atoms with van der Waals surface area (Å²) in [5.41, 5.74) is 7.06. The predicted octanol–water partition coefficient (Wildman–Crippen LogP) is 1.18. The van der Waals surface area contributed by atoms with Gasteiger partial charge in [-0.05, 0) is 32.3 Å². The molecular weight excluding hydrogens is 468 g/mol. The van der Waals surface area contributed by atoms with E-state index >= 15 is 0 Å². The number of aliphatic hydroxyl groups is 2. The van der Waals surface area contributed by atoms with Crippen LogP contribution in [0, 0.1) is 5.41 Å². The number of fused-ring (bicyclic) bond motifs is 3. The van der Waals surface area contributed by atoms with Crippen molar-refractivity contribution in [2.75, 3.05) is 42.6 Å². The Morgan fingerprint density at radius 1 is 1.26 bits per heavy atom. The molecule has 35 heavy (non-hydrogen) atoms. The maximum absolute atomic E-state index is 10.1. The van der Waals surface area contributed by atoms with Crippen LogP contribution in [0.4, 0.5) is 11.6 Å². The van der Waals surface area contributed by atoms with Crippen LogP contribution in [0.2, 0.25) is 0 Å². The Balaban J connectivity index is 1.19. The van der Waals surface area contributed by atoms with E-state index in [9.17, 15) is 10.2 Å². The molecule has 0 aromatic carbocycles. The molecule has 3 unspecified atom stereocenters. The van der Waals surface area contributed by atoms with Gasteiger partial charge in [-0.3, -0.25) is 0 Å². The molecule has 10 nitrogen and oxygen atoms in total. The summed E-state index contributed by atoms with van der Waals surface area (Å²) in [4.78, 5) is 19.2. The molecule has 0 aliphatic carbocycles. The highest BCUT2D eigenvalue weighted by atomic mass is 32.2. The average Bonchev–Trinajstić information content (AvgIpc) is 3.39. The van der Waals surface area contributed by atoms with Gasteiger partial charge in [-0.2, -0.15) is 0 Å². The van der Waals surface area contributed by atoms with Crippen molar-refractivity contribution in [2.24, 2.45) is 11.1 Å². The number of nitrogens with zero attached hydrogens (tertiary/aromatic N) is 5. The van der Waals surface area contributed by atoms with Crippen LogP contribution in [-0.4, -0.2) is 82.3 Å². The Kier molecular flexibility index (Phi) is 6.00. The number of aliphatic hydroxyl groups excluding tert-OH is 2. The summed E-state index contributed by atoms with van der Waals surface area (Å²) in [6, 6.07) is 2.12. The number of aromatic nitrogens is 3. The second-order valence-electron chi connectivity index (χ2n) is 10.1. The first kappa shape index (κ1) is 23.2. The van der Waals surface area contributed by atoms with Crippen molar-refractivity contribution in [3.63, 3.8) is 0 Å². The molecule has 0 bridgehead atoms. The van der Waals surface area contributed by atoms with Crippen molar-refractivity contribution in [1.29, 1.82) is 0 Å². The van der Waals surface area contributed by atoms with Gasteiger partial charge in [-0.1, -0.05) is 11.8 Å². The third-order valence-corrected chi connectivity index (χ3v) is 8.95. The maximum Gasteiger partial charge on any atom is 0.175 e. The number of anilines is 2. The van der Waals surface area contributed by atoms with Crippen molar-refractivity contribution in [2.45, 2.75) is 67.0 Å². The van der Waals surface area contributed by atoms with E-state index in [4.69, 9.17) is 25.2 Å². The van der Waals surface area contributed by atoms with Crippen LogP contribution in [0.25, 0.3) is 0 Å². The van der Waals surface area contributed by atoms with E-state index < -0.39 is 0 Å². The zero-order valence-corrected chi connectivity index (χ0v) is 20.7. The molecule has 4 atom stereocenters. The van der Waals surface area contributed by atoms with Gasteiger partial charge in [-0.15, -0.1) is 0 Å². The monoisotopic (exact) mass is 500 g/mol. The molecule has 3 saturated heterocycles. The standard InChI is InChI=1S/C24H32N6O4S/c1-14-21(25)24(13-34-14)3-6-29(7-4-24)22-17(11-31)28-19(9-27-22)35-18-2-5-26-23-20(18)33-12-15-8-16(32)10-30(15)23/h2,5,9,14-16,21,31-32H,3-4,6-8,10-13,25H2,1H3/t14?,15?,16?,21-/m1/s1. The molecule has 0 amide bonds. The lowest BCUT2D eigenvalue weighted by Gasteiger charge is -2.41. The molecule has 4 N–H and O–H groups in total. The quantitative estimate of drug-likeness (QED) is 0.559. The highest BCUT2D eigenvalue weighted by molar-refractivity contribution is 7.99. The largest absolute Gasteiger partial charge is 0.486 e. The summed E-state index contributed by atoms with van der Waals surface area (Å²) >= 11 is 1.45. The van der Waals surface area contributed by atoms with Crippen LogP contribution in [0.5, 0.6) is 5.75 Å². The third kappa shape index (κ3) is 4.03. The van der Waals surface area contributed by atoms with E-state index in [-0.39, 0.29) is 36.3 Å². The van der Waals surface area contributed by atoms with Crippen LogP contribution >= 0.6 is 11.8 Å². The van der Waals surface area contributed by atoms with Gasteiger partial charge in [0.05, 0.1) is 42.6 Å². The summed E-state index contributed by atoms with van der Waals surface area (Å²) in [7, 11) is 0. The van der Waals surface area contributed by atoms with Gasteiger partial charge in [0, 0.05) is 37.3 Å². The molecule has 4 aliphatic rings. The molecule has 6 rings (SSSR count). The van der Waals surface area contributed by atoms with E-state index in [1.807, 2.05) is 6.07 Å². The smallest absolute Gasteiger partial charge is 0.175 e. The number of hydrogen-bond donors (Lipinski definition) is 3. The minimum atomic E-state index is -0.358. The summed E-state index contributed by atoms with van der Waals surface area (Å²) in [6.45, 7) is 5.30. The molecule has 0 radical (unpaired) electrons. The average molecular weight is 501 g/mol. The van der Waals surface area contributed by atoms with Crippen LogP contribution in [-0.2, 0) is 11.3 Å². The van der Waals surface area contributed by atoms with Crippen molar-refractivity contribution in [1.82, 2.24) is 15.0 Å². The lowest BCUT2D eigenvalue weighted by atomic mass is 9.73. The fourth-order valence-electron chi connectivity index (χ4n) is 5.90. The lowest BCUT2D eigenvalue weighted by Crippen LogP contribution is -2.51. The Morgan fingerprint density at radius 2 is 2.09 bits per heavy atom. The first-order chi connectivity index (χ1) is 17.0. The number of pyridine rings is 1. The zero-order chi connectivity index (χ0) is 24.2. The molecule has 188 valence electrons. The number of ether oxygens (including phenoxy) is 2. The van der Waals surface area contributed by atoms with E-state index in [0.29, 0.717) is 42.6 Å². The Bertz CT molecular complexity index is 1100. The fraction of sp³-hybridized carbons (Fsp3) is 0.625. The topological polar surface area (TPSA) is 130 Å². The molecule has 4 aliphatic heterocycles. The summed E-state index contributed by atoms with van der Waals surface area (Å²) in [5, 5.41) is 20.9. The Labute approximate surface area is 208 Å². The maximum atomic E-state index is 10.1. The molecule has 0 saturated carbocycles. The normalized spacial score (nSPS) is 29.3. The van der Waals surface area contributed by atoms with Gasteiger partial charge in [0.1, 0.15) is 17.3 Å². The van der Waals surface area contributed by atoms with E-state index in [1.165, 1.54) is 11.8 Å². The number of hydrogen-bond acceptors (Lipinski definition) is 11. The predicted molar refractivity (Wildman–Crippen MR) is 131 cm³/mol. The molecule has 2 aromatic rings. The van der Waals surface area contributed by atoms with Crippen molar-refractivity contribution < 1.29 is 19.7 Å². The van der Waals surface area contributed by atoms with Gasteiger partial charge in [0.15, 0.2) is 17.4 Å². The lowest BCUT2D eigenvalue weighted by molar-refractivity contribution is 0.0973. The second kappa shape index (κ2) is 9.04. The van der Waals surface area contributed by atoms with Crippen molar-refractivity contribution >= 4 is 23.4 Å². The van der Waals surface area contributed by atoms with E-state index in [0.717, 1.165) is 42.5 Å². The molecule has 3 fully saturated rings. The van der Waals surface area contributed by atoms with Gasteiger partial charge in [0.25, 0.3) is 0 Å². The molecule has 1 spiro atoms. The van der Waals surface area contributed by atoms with Gasteiger partial charge in [0.2, 0.25) is 0 Å². The first-order valence-electron chi connectivity index (χ1n) is 12.3. The van der Waals surface area contributed by atoms with Crippen LogP contribution < -0.4 is 20.3 Å². The van der Waals surface area contributed by atoms with Crippen molar-refractivity contribution in [3.8, 4) is 5.75 Å². The fourth-order valence-corrected chi connectivity index (χ4v) is 6.76. The molecule has 2 aromatic heterocycles. The Hall–Kier alpha value is -2.18. The van der Waals surface area contributed by atoms with Gasteiger partial charge >= 0.3 is 0 Å². The van der Waals surface area contributed by atoms with Crippen LogP contribution in [0.1, 0.15) is 31.9 Å². The molecule has 11 heteroatoms. The number of piperidine rings is 1. The second-order valence-corrected chi connectivity index (χ2v) is 11.2. The Morgan fingerprint density at radius 3 is 2.83 bits per heavy atom. The van der Waals surface area contributed by atoms with Crippen LogP contribution in [0.15, 0.2) is 28.4 Å². The highest BCUT2D eigenvalue weighted by Gasteiger charge is 2.47. The zero-order valence-electron chi connectivity index (χ0n) is 19.8. The first-order valence-corrected chi connectivity index (χ1v) is 13.1. The summed E-state index contributed by atoms with van der Waals surface area (Å²) in [5.74, 6) is 2.21. The third-order valence-electron chi connectivity index (χ3n) is 8.00. The number of nitrogens with two attached hydrogens (primary N) is 1. The SMILES string of the molecule is CC1OCC2(CCN(c3ncc(Sc4ccnc5c4OCC4CC(O)CN54)nc3CO)CC2)[C@@H]1N. The van der Waals surface area contributed by atoms with Crippen molar-refractivity contribution in [3.05, 3.63) is 24.2 Å². The summed E-state index contributed by atoms with van der Waals surface area (Å²) in [6.07, 6.45) is 5.82. The van der Waals surface area contributed by atoms with Gasteiger partial charge in [-0.25, -0.2) is 15.0 Å². The summed E-state index contributed by atoms with van der Waals surface area (Å²) < 4.78 is 11.9. The van der Waals surface area contributed by atoms with Gasteiger partial charge < -0.3 is 35.2 Å². The van der Waals surface area contributed by atoms with E-state index in [2.05, 4.69) is 21.7 Å². The van der Waals surface area contributed by atoms with E-state index in [1.54, 1.807) is 12.4 Å². The highest BCUT2D eigenvalue weighted by Crippen LogP contribution is 2.45. The van der Waals surface area contributed by atoms with Crippen LogP contribution in [0.3, 0.4) is 0 Å².